The minimum Gasteiger partial charge on any atom is -0.489 e. The van der Waals surface area contributed by atoms with E-state index in [1.54, 1.807) is 0 Å². The van der Waals surface area contributed by atoms with Crippen LogP contribution in [0.25, 0.3) is 0 Å². The van der Waals surface area contributed by atoms with Gasteiger partial charge in [-0.25, -0.2) is 0 Å². The van der Waals surface area contributed by atoms with E-state index < -0.39 is 0 Å². The highest BCUT2D eigenvalue weighted by Gasteiger charge is 2.21. The summed E-state index contributed by atoms with van der Waals surface area (Å²) in [4.78, 5) is 0. The second-order valence-corrected chi connectivity index (χ2v) is 6.84. The van der Waals surface area contributed by atoms with Crippen molar-refractivity contribution in [2.24, 2.45) is 0 Å². The Balaban J connectivity index is 1.69. The molecule has 1 fully saturated rings. The Kier molecular flexibility index (Phi) is 4.69. The van der Waals surface area contributed by atoms with Crippen molar-refractivity contribution in [3.05, 3.63) is 65.2 Å². The van der Waals surface area contributed by atoms with Gasteiger partial charge in [0.2, 0.25) is 0 Å². The van der Waals surface area contributed by atoms with E-state index in [1.807, 2.05) is 30.3 Å². The molecule has 23 heavy (non-hydrogen) atoms. The largest absolute Gasteiger partial charge is 0.489 e. The zero-order valence-electron chi connectivity index (χ0n) is 14.0. The Labute approximate surface area is 138 Å². The summed E-state index contributed by atoms with van der Waals surface area (Å²) in [6.07, 6.45) is -0.266. The van der Waals surface area contributed by atoms with Crippen molar-refractivity contribution in [3.63, 3.8) is 0 Å². The molecule has 0 bridgehead atoms. The molecule has 0 aromatic heterocycles. The van der Waals surface area contributed by atoms with Crippen LogP contribution in [0.3, 0.4) is 0 Å². The van der Waals surface area contributed by atoms with Crippen LogP contribution in [-0.2, 0) is 21.5 Å². The fraction of sp³-hybridized carbons (Fsp3) is 0.400. The first kappa shape index (κ1) is 16.0. The molecule has 2 aromatic rings. The molecule has 0 amide bonds. The Hall–Kier alpha value is -1.84. The number of ether oxygens (including phenoxy) is 3. The molecule has 0 N–H and O–H groups in total. The third kappa shape index (κ3) is 3.92. The van der Waals surface area contributed by atoms with Gasteiger partial charge in [-0.3, -0.25) is 0 Å². The molecule has 2 aromatic carbocycles. The van der Waals surface area contributed by atoms with Gasteiger partial charge in [-0.1, -0.05) is 57.2 Å². The molecule has 1 saturated heterocycles. The van der Waals surface area contributed by atoms with E-state index in [-0.39, 0.29) is 11.7 Å². The van der Waals surface area contributed by atoms with Crippen molar-refractivity contribution in [2.45, 2.75) is 39.1 Å². The van der Waals surface area contributed by atoms with E-state index >= 15 is 0 Å². The van der Waals surface area contributed by atoms with Gasteiger partial charge in [0.1, 0.15) is 12.4 Å². The Morgan fingerprint density at radius 2 is 1.61 bits per heavy atom. The lowest BCUT2D eigenvalue weighted by Crippen LogP contribution is -2.10. The van der Waals surface area contributed by atoms with Crippen LogP contribution in [0.2, 0.25) is 0 Å². The van der Waals surface area contributed by atoms with Gasteiger partial charge in [0.15, 0.2) is 6.29 Å². The summed E-state index contributed by atoms with van der Waals surface area (Å²) in [7, 11) is 0. The van der Waals surface area contributed by atoms with Crippen LogP contribution in [-0.4, -0.2) is 13.2 Å². The summed E-state index contributed by atoms with van der Waals surface area (Å²) in [6, 6.07) is 16.4. The maximum atomic E-state index is 5.95. The Morgan fingerprint density at radius 1 is 0.957 bits per heavy atom. The van der Waals surface area contributed by atoms with Crippen molar-refractivity contribution in [3.8, 4) is 5.75 Å². The molecule has 1 heterocycles. The number of benzene rings is 2. The second kappa shape index (κ2) is 6.73. The fourth-order valence-corrected chi connectivity index (χ4v) is 2.65. The SMILES string of the molecule is CC(C)(C)c1ccc(OCc2ccccc2C2OCCO2)cc1. The summed E-state index contributed by atoms with van der Waals surface area (Å²) in [5.74, 6) is 0.876. The van der Waals surface area contributed by atoms with E-state index in [0.29, 0.717) is 19.8 Å². The van der Waals surface area contributed by atoms with E-state index in [4.69, 9.17) is 14.2 Å². The van der Waals surface area contributed by atoms with Gasteiger partial charge in [-0.05, 0) is 28.7 Å². The number of hydrogen-bond donors (Lipinski definition) is 0. The van der Waals surface area contributed by atoms with Crippen LogP contribution in [0.1, 0.15) is 43.8 Å². The molecule has 0 aliphatic carbocycles. The second-order valence-electron chi connectivity index (χ2n) is 6.84. The maximum absolute atomic E-state index is 5.95. The lowest BCUT2D eigenvalue weighted by atomic mass is 9.87. The quantitative estimate of drug-likeness (QED) is 0.825. The molecule has 0 spiro atoms. The van der Waals surface area contributed by atoms with Gasteiger partial charge in [0.05, 0.1) is 13.2 Å². The first-order valence-electron chi connectivity index (χ1n) is 8.08. The first-order valence-corrected chi connectivity index (χ1v) is 8.08. The van der Waals surface area contributed by atoms with Crippen molar-refractivity contribution in [1.82, 2.24) is 0 Å². The third-order valence-electron chi connectivity index (χ3n) is 4.05. The Bertz CT molecular complexity index is 635. The highest BCUT2D eigenvalue weighted by atomic mass is 16.7. The molecular weight excluding hydrogens is 288 g/mol. The van der Waals surface area contributed by atoms with Crippen molar-refractivity contribution >= 4 is 0 Å². The van der Waals surface area contributed by atoms with Gasteiger partial charge in [-0.15, -0.1) is 0 Å². The maximum Gasteiger partial charge on any atom is 0.184 e. The molecule has 3 rings (SSSR count). The lowest BCUT2D eigenvalue weighted by Gasteiger charge is -2.19. The van der Waals surface area contributed by atoms with Crippen LogP contribution >= 0.6 is 0 Å². The van der Waals surface area contributed by atoms with Gasteiger partial charge in [0.25, 0.3) is 0 Å². The summed E-state index contributed by atoms with van der Waals surface area (Å²) in [5, 5.41) is 0. The smallest absolute Gasteiger partial charge is 0.184 e. The summed E-state index contributed by atoms with van der Waals surface area (Å²) < 4.78 is 17.2. The minimum absolute atomic E-state index is 0.155. The average Bonchev–Trinajstić information content (AvgIpc) is 3.07. The monoisotopic (exact) mass is 312 g/mol. The normalized spacial score (nSPS) is 15.8. The van der Waals surface area contributed by atoms with E-state index in [9.17, 15) is 0 Å². The topological polar surface area (TPSA) is 27.7 Å². The van der Waals surface area contributed by atoms with Crippen LogP contribution in [0.4, 0.5) is 0 Å². The summed E-state index contributed by atoms with van der Waals surface area (Å²) >= 11 is 0. The molecule has 3 nitrogen and oxygen atoms in total. The van der Waals surface area contributed by atoms with E-state index in [0.717, 1.165) is 16.9 Å². The standard InChI is InChI=1S/C20H24O3/c1-20(2,3)16-8-10-17(11-9-16)23-14-15-6-4-5-7-18(15)19-21-12-13-22-19/h4-11,19H,12-14H2,1-3H3. The number of rotatable bonds is 4. The van der Waals surface area contributed by atoms with Crippen LogP contribution in [0, 0.1) is 0 Å². The molecular formula is C20H24O3. The fourth-order valence-electron chi connectivity index (χ4n) is 2.65. The predicted octanol–water partition coefficient (Wildman–Crippen LogP) is 4.61. The number of hydrogen-bond acceptors (Lipinski definition) is 3. The van der Waals surface area contributed by atoms with Crippen LogP contribution in [0.5, 0.6) is 5.75 Å². The summed E-state index contributed by atoms with van der Waals surface area (Å²) in [6.45, 7) is 8.43. The molecule has 1 aliphatic heterocycles. The van der Waals surface area contributed by atoms with Gasteiger partial charge in [-0.2, -0.15) is 0 Å². The zero-order chi connectivity index (χ0) is 16.3. The highest BCUT2D eigenvalue weighted by Crippen LogP contribution is 2.28. The average molecular weight is 312 g/mol. The highest BCUT2D eigenvalue weighted by molar-refractivity contribution is 5.32. The molecule has 0 saturated carbocycles. The Morgan fingerprint density at radius 3 is 2.26 bits per heavy atom. The molecule has 0 atom stereocenters. The van der Waals surface area contributed by atoms with Gasteiger partial charge < -0.3 is 14.2 Å². The lowest BCUT2D eigenvalue weighted by molar-refractivity contribution is -0.0451. The van der Waals surface area contributed by atoms with E-state index in [1.165, 1.54) is 5.56 Å². The molecule has 0 unspecified atom stereocenters. The van der Waals surface area contributed by atoms with Crippen molar-refractivity contribution in [1.29, 1.82) is 0 Å². The van der Waals surface area contributed by atoms with E-state index in [2.05, 4.69) is 39.0 Å². The molecule has 1 aliphatic rings. The predicted molar refractivity (Wildman–Crippen MR) is 90.6 cm³/mol. The van der Waals surface area contributed by atoms with Gasteiger partial charge in [0, 0.05) is 5.56 Å². The minimum atomic E-state index is -0.266. The van der Waals surface area contributed by atoms with Crippen molar-refractivity contribution < 1.29 is 14.2 Å². The molecule has 122 valence electrons. The van der Waals surface area contributed by atoms with Gasteiger partial charge >= 0.3 is 0 Å². The summed E-state index contributed by atoms with van der Waals surface area (Å²) in [5.41, 5.74) is 3.61. The van der Waals surface area contributed by atoms with Crippen LogP contribution in [0.15, 0.2) is 48.5 Å². The third-order valence-corrected chi connectivity index (χ3v) is 4.05. The van der Waals surface area contributed by atoms with Crippen LogP contribution < -0.4 is 4.74 Å². The van der Waals surface area contributed by atoms with Crippen molar-refractivity contribution in [2.75, 3.05) is 13.2 Å². The molecule has 0 radical (unpaired) electrons. The first-order chi connectivity index (χ1) is 11.0. The molecule has 3 heteroatoms. The zero-order valence-corrected chi connectivity index (χ0v) is 14.0.